The van der Waals surface area contributed by atoms with Crippen molar-refractivity contribution < 1.29 is 23.4 Å². The smallest absolute Gasteiger partial charge is 0.339 e. The molecule has 1 aliphatic rings. The Morgan fingerprint density at radius 2 is 2.00 bits per heavy atom. The molecular formula is C12H16N2O5S. The number of phenols is 1. The van der Waals surface area contributed by atoms with Crippen molar-refractivity contribution in [3.63, 3.8) is 0 Å². The van der Waals surface area contributed by atoms with Gasteiger partial charge >= 0.3 is 5.97 Å². The first-order valence-electron chi connectivity index (χ1n) is 6.20. The Bertz CT molecular complexity index is 606. The maximum Gasteiger partial charge on any atom is 0.339 e. The summed E-state index contributed by atoms with van der Waals surface area (Å²) in [6.45, 7) is 2.04. The van der Waals surface area contributed by atoms with Gasteiger partial charge in [-0.25, -0.2) is 13.2 Å². The van der Waals surface area contributed by atoms with E-state index in [0.29, 0.717) is 26.1 Å². The van der Waals surface area contributed by atoms with Crippen LogP contribution in [0, 0.1) is 0 Å². The number of hydrogen-bond donors (Lipinski definition) is 3. The predicted molar refractivity (Wildman–Crippen MR) is 71.3 cm³/mol. The molecule has 0 unspecified atom stereocenters. The Morgan fingerprint density at radius 1 is 1.25 bits per heavy atom. The minimum atomic E-state index is -3.74. The molecule has 0 amide bonds. The summed E-state index contributed by atoms with van der Waals surface area (Å²) in [7, 11) is -3.74. The number of hydrogen-bond acceptors (Lipinski definition) is 5. The zero-order valence-electron chi connectivity index (χ0n) is 10.7. The van der Waals surface area contributed by atoms with Crippen molar-refractivity contribution in [2.75, 3.05) is 26.2 Å². The average Bonchev–Trinajstić information content (AvgIpc) is 2.67. The Kier molecular flexibility index (Phi) is 4.26. The Morgan fingerprint density at radius 3 is 2.70 bits per heavy atom. The van der Waals surface area contributed by atoms with Gasteiger partial charge in [0.1, 0.15) is 11.3 Å². The van der Waals surface area contributed by atoms with E-state index in [1.165, 1.54) is 10.4 Å². The van der Waals surface area contributed by atoms with Gasteiger partial charge in [0, 0.05) is 19.6 Å². The van der Waals surface area contributed by atoms with Crippen molar-refractivity contribution in [1.82, 2.24) is 9.62 Å². The first kappa shape index (κ1) is 14.8. The van der Waals surface area contributed by atoms with Crippen LogP contribution in [0.5, 0.6) is 5.75 Å². The SMILES string of the molecule is O=C(O)c1cc(S(=O)(=O)N2CCCNCC2)ccc1O. The first-order chi connectivity index (χ1) is 9.43. The highest BCUT2D eigenvalue weighted by atomic mass is 32.2. The van der Waals surface area contributed by atoms with Crippen LogP contribution < -0.4 is 5.32 Å². The predicted octanol–water partition coefficient (Wildman–Crippen LogP) is 0.0744. The average molecular weight is 300 g/mol. The van der Waals surface area contributed by atoms with Gasteiger partial charge in [0.2, 0.25) is 10.0 Å². The molecule has 3 N–H and O–H groups in total. The first-order valence-corrected chi connectivity index (χ1v) is 7.64. The molecule has 0 radical (unpaired) electrons. The lowest BCUT2D eigenvalue weighted by atomic mass is 10.2. The molecule has 1 fully saturated rings. The minimum absolute atomic E-state index is 0.116. The molecule has 8 heteroatoms. The lowest BCUT2D eigenvalue weighted by Crippen LogP contribution is -2.34. The van der Waals surface area contributed by atoms with Crippen LogP contribution in [-0.4, -0.2) is 55.1 Å². The van der Waals surface area contributed by atoms with Crippen LogP contribution in [0.2, 0.25) is 0 Å². The summed E-state index contributed by atoms with van der Waals surface area (Å²) in [5, 5.41) is 21.5. The fraction of sp³-hybridized carbons (Fsp3) is 0.417. The molecule has 2 rings (SSSR count). The summed E-state index contributed by atoms with van der Waals surface area (Å²) in [6, 6.07) is 3.30. The van der Waals surface area contributed by atoms with Crippen molar-refractivity contribution in [2.45, 2.75) is 11.3 Å². The monoisotopic (exact) mass is 300 g/mol. The fourth-order valence-corrected chi connectivity index (χ4v) is 3.56. The van der Waals surface area contributed by atoms with Crippen LogP contribution in [0.4, 0.5) is 0 Å². The summed E-state index contributed by atoms with van der Waals surface area (Å²) < 4.78 is 26.2. The number of carboxylic acid groups (broad SMARTS) is 1. The number of carbonyl (C=O) groups is 1. The number of benzene rings is 1. The topological polar surface area (TPSA) is 107 Å². The molecule has 110 valence electrons. The quantitative estimate of drug-likeness (QED) is 0.729. The molecule has 1 aliphatic heterocycles. The van der Waals surface area contributed by atoms with Gasteiger partial charge in [-0.3, -0.25) is 0 Å². The van der Waals surface area contributed by atoms with E-state index in [4.69, 9.17) is 5.11 Å². The third-order valence-electron chi connectivity index (χ3n) is 3.14. The van der Waals surface area contributed by atoms with Gasteiger partial charge in [0.15, 0.2) is 0 Å². The highest BCUT2D eigenvalue weighted by Crippen LogP contribution is 2.24. The molecular weight excluding hydrogens is 284 g/mol. The summed E-state index contributed by atoms with van der Waals surface area (Å²) in [5.41, 5.74) is -0.418. The van der Waals surface area contributed by atoms with Crippen molar-refractivity contribution in [2.24, 2.45) is 0 Å². The summed E-state index contributed by atoms with van der Waals surface area (Å²) in [5.74, 6) is -1.81. The summed E-state index contributed by atoms with van der Waals surface area (Å²) in [6.07, 6.45) is 0.698. The second-order valence-electron chi connectivity index (χ2n) is 4.49. The number of nitrogens with zero attached hydrogens (tertiary/aromatic N) is 1. The van der Waals surface area contributed by atoms with Crippen LogP contribution in [0.25, 0.3) is 0 Å². The molecule has 0 saturated carbocycles. The number of rotatable bonds is 3. The maximum absolute atomic E-state index is 12.4. The molecule has 0 aliphatic carbocycles. The summed E-state index contributed by atoms with van der Waals surface area (Å²) >= 11 is 0. The van der Waals surface area contributed by atoms with Crippen LogP contribution in [0.3, 0.4) is 0 Å². The summed E-state index contributed by atoms with van der Waals surface area (Å²) in [4.78, 5) is 10.8. The zero-order chi connectivity index (χ0) is 14.8. The van der Waals surface area contributed by atoms with Crippen molar-refractivity contribution in [3.8, 4) is 5.75 Å². The van der Waals surface area contributed by atoms with Gasteiger partial charge in [-0.1, -0.05) is 0 Å². The molecule has 1 aromatic rings. The van der Waals surface area contributed by atoms with E-state index in [1.807, 2.05) is 0 Å². The third kappa shape index (κ3) is 2.92. The van der Waals surface area contributed by atoms with E-state index in [0.717, 1.165) is 18.7 Å². The van der Waals surface area contributed by atoms with Crippen LogP contribution in [0.15, 0.2) is 23.1 Å². The molecule has 0 aromatic heterocycles. The van der Waals surface area contributed by atoms with E-state index in [9.17, 15) is 18.3 Å². The maximum atomic E-state index is 12.4. The second-order valence-corrected chi connectivity index (χ2v) is 6.43. The lowest BCUT2D eigenvalue weighted by Gasteiger charge is -2.19. The number of aromatic carboxylic acids is 1. The van der Waals surface area contributed by atoms with Gasteiger partial charge < -0.3 is 15.5 Å². The van der Waals surface area contributed by atoms with Crippen LogP contribution in [0.1, 0.15) is 16.8 Å². The van der Waals surface area contributed by atoms with Crippen molar-refractivity contribution >= 4 is 16.0 Å². The van der Waals surface area contributed by atoms with E-state index < -0.39 is 27.3 Å². The lowest BCUT2D eigenvalue weighted by molar-refractivity contribution is 0.0693. The van der Waals surface area contributed by atoms with Gasteiger partial charge in [0.25, 0.3) is 0 Å². The molecule has 1 saturated heterocycles. The van der Waals surface area contributed by atoms with Crippen molar-refractivity contribution in [1.29, 1.82) is 0 Å². The van der Waals surface area contributed by atoms with Gasteiger partial charge in [-0.2, -0.15) is 4.31 Å². The number of aromatic hydroxyl groups is 1. The normalized spacial score (nSPS) is 17.6. The number of carboxylic acids is 1. The Balaban J connectivity index is 2.38. The van der Waals surface area contributed by atoms with Gasteiger partial charge in [-0.15, -0.1) is 0 Å². The van der Waals surface area contributed by atoms with E-state index >= 15 is 0 Å². The Hall–Kier alpha value is -1.64. The van der Waals surface area contributed by atoms with Crippen LogP contribution in [-0.2, 0) is 10.0 Å². The largest absolute Gasteiger partial charge is 0.507 e. The zero-order valence-corrected chi connectivity index (χ0v) is 11.6. The van der Waals surface area contributed by atoms with E-state index in [2.05, 4.69) is 5.32 Å². The molecule has 0 atom stereocenters. The molecule has 1 heterocycles. The van der Waals surface area contributed by atoms with E-state index in [-0.39, 0.29) is 4.90 Å². The molecule has 7 nitrogen and oxygen atoms in total. The van der Waals surface area contributed by atoms with E-state index in [1.54, 1.807) is 0 Å². The molecule has 1 aromatic carbocycles. The number of nitrogens with one attached hydrogen (secondary N) is 1. The van der Waals surface area contributed by atoms with Gasteiger partial charge in [-0.05, 0) is 31.2 Å². The standard InChI is InChI=1S/C12H16N2O5S/c15-11-3-2-9(8-10(11)12(16)17)20(18,19)14-6-1-4-13-5-7-14/h2-3,8,13,15H,1,4-7H2,(H,16,17). The van der Waals surface area contributed by atoms with Crippen molar-refractivity contribution in [3.05, 3.63) is 23.8 Å². The highest BCUT2D eigenvalue weighted by Gasteiger charge is 2.26. The van der Waals surface area contributed by atoms with Crippen LogP contribution >= 0.6 is 0 Å². The molecule has 20 heavy (non-hydrogen) atoms. The second kappa shape index (κ2) is 5.78. The highest BCUT2D eigenvalue weighted by molar-refractivity contribution is 7.89. The fourth-order valence-electron chi connectivity index (χ4n) is 2.06. The minimum Gasteiger partial charge on any atom is -0.507 e. The molecule has 0 bridgehead atoms. The third-order valence-corrected chi connectivity index (χ3v) is 5.03. The Labute approximate surface area is 116 Å². The number of sulfonamides is 1. The van der Waals surface area contributed by atoms with Gasteiger partial charge in [0.05, 0.1) is 4.90 Å². The molecule has 0 spiro atoms.